The second kappa shape index (κ2) is 17.0. The maximum atomic E-state index is 13.2. The highest BCUT2D eigenvalue weighted by atomic mass is 32.2. The molecule has 2 aromatic rings. The minimum Gasteiger partial charge on any atom is -0.444 e. The van der Waals surface area contributed by atoms with Gasteiger partial charge in [0.25, 0.3) is 0 Å². The third-order valence-electron chi connectivity index (χ3n) is 6.07. The molecule has 0 bridgehead atoms. The van der Waals surface area contributed by atoms with E-state index in [0.717, 1.165) is 11.1 Å². The molecule has 0 saturated heterocycles. The average Bonchev–Trinajstić information content (AvgIpc) is 2.94. The van der Waals surface area contributed by atoms with Crippen LogP contribution in [0.5, 0.6) is 5.75 Å². The highest BCUT2D eigenvalue weighted by molar-refractivity contribution is 7.90. The fraction of sp³-hybridized carbons (Fsp3) is 0.406. The van der Waals surface area contributed by atoms with Gasteiger partial charge in [0.1, 0.15) is 17.4 Å². The minimum absolute atomic E-state index is 0.119. The molecule has 2 atom stereocenters. The molecule has 0 unspecified atom stereocenters. The van der Waals surface area contributed by atoms with Gasteiger partial charge in [-0.3, -0.25) is 9.59 Å². The summed E-state index contributed by atoms with van der Waals surface area (Å²) in [5, 5.41) is 9.11. The Morgan fingerprint density at radius 3 is 2.19 bits per heavy atom. The van der Waals surface area contributed by atoms with Gasteiger partial charge in [0.05, 0.1) is 5.41 Å². The number of unbranched alkanes of at least 4 members (excludes halogenated alkanes) is 1. The first-order valence-electron chi connectivity index (χ1n) is 14.0. The summed E-state index contributed by atoms with van der Waals surface area (Å²) in [5.41, 5.74) is 0.895. The van der Waals surface area contributed by atoms with E-state index in [-0.39, 0.29) is 24.6 Å². The van der Waals surface area contributed by atoms with Crippen molar-refractivity contribution in [2.75, 3.05) is 13.1 Å². The molecular weight excluding hydrogens is 570 g/mol. The van der Waals surface area contributed by atoms with Crippen LogP contribution in [-0.4, -0.2) is 51.1 Å². The molecule has 0 fully saturated rings. The molecule has 43 heavy (non-hydrogen) atoms. The van der Waals surface area contributed by atoms with E-state index in [4.69, 9.17) is 15.3 Å². The number of amides is 3. The van der Waals surface area contributed by atoms with Crippen LogP contribution in [0.3, 0.4) is 0 Å². The summed E-state index contributed by atoms with van der Waals surface area (Å²) >= 11 is 0. The van der Waals surface area contributed by atoms with Gasteiger partial charge in [-0.05, 0) is 63.3 Å². The van der Waals surface area contributed by atoms with Crippen molar-refractivity contribution >= 4 is 28.0 Å². The van der Waals surface area contributed by atoms with Crippen molar-refractivity contribution in [3.8, 4) is 18.1 Å². The number of terminal acetylenes is 1. The monoisotopic (exact) mass is 611 g/mol. The van der Waals surface area contributed by atoms with E-state index >= 15 is 0 Å². The van der Waals surface area contributed by atoms with Crippen molar-refractivity contribution < 1.29 is 31.7 Å². The Hall–Kier alpha value is -4.30. The Kier molecular flexibility index (Phi) is 13.8. The minimum atomic E-state index is -3.89. The van der Waals surface area contributed by atoms with Gasteiger partial charge in [-0.25, -0.2) is 4.79 Å². The molecule has 0 heterocycles. The topological polar surface area (TPSA) is 140 Å². The molecule has 10 nitrogen and oxygen atoms in total. The predicted octanol–water partition coefficient (Wildman–Crippen LogP) is 3.87. The lowest BCUT2D eigenvalue weighted by molar-refractivity contribution is -0.126. The van der Waals surface area contributed by atoms with Gasteiger partial charge in [0.15, 0.2) is 0 Å². The van der Waals surface area contributed by atoms with Crippen LogP contribution in [0.2, 0.25) is 0 Å². The molecule has 232 valence electrons. The Labute approximate surface area is 254 Å². The second-order valence-corrected chi connectivity index (χ2v) is 12.3. The lowest BCUT2D eigenvalue weighted by Gasteiger charge is -2.24. The van der Waals surface area contributed by atoms with E-state index < -0.39 is 39.7 Å². The lowest BCUT2D eigenvalue weighted by atomic mass is 9.95. The predicted molar refractivity (Wildman–Crippen MR) is 165 cm³/mol. The standard InChI is InChI=1S/C32H41N3O7S/c1-6-8-12-20-33-29(36)26(22-25-15-17-27(18-16-25)42-43(39,40)7-2)19-21-34-30(37)28(23-24-13-10-9-11-14-24)35-31(38)41-32(3,4)5/h1,7,9-11,13-18,26,28H,2,8,12,19-23H2,3-5H3,(H,33,36)(H,34,37)(H,35,38)/t26-,28-/m0/s1. The fourth-order valence-corrected chi connectivity index (χ4v) is 4.46. The van der Waals surface area contributed by atoms with Crippen molar-refractivity contribution in [1.82, 2.24) is 16.0 Å². The van der Waals surface area contributed by atoms with Gasteiger partial charge in [-0.2, -0.15) is 8.42 Å². The Bertz CT molecular complexity index is 1360. The molecule has 11 heteroatoms. The smallest absolute Gasteiger partial charge is 0.408 e. The molecule has 2 aromatic carbocycles. The van der Waals surface area contributed by atoms with Gasteiger partial charge >= 0.3 is 16.2 Å². The highest BCUT2D eigenvalue weighted by Crippen LogP contribution is 2.19. The maximum absolute atomic E-state index is 13.2. The van der Waals surface area contributed by atoms with Crippen LogP contribution < -0.4 is 20.1 Å². The van der Waals surface area contributed by atoms with Crippen LogP contribution in [0, 0.1) is 18.3 Å². The van der Waals surface area contributed by atoms with Crippen molar-refractivity contribution in [3.63, 3.8) is 0 Å². The van der Waals surface area contributed by atoms with E-state index in [2.05, 4.69) is 28.4 Å². The van der Waals surface area contributed by atoms with E-state index in [9.17, 15) is 22.8 Å². The summed E-state index contributed by atoms with van der Waals surface area (Å²) in [6.07, 6.45) is 6.64. The third-order valence-corrected chi connectivity index (χ3v) is 6.91. The number of hydrogen-bond acceptors (Lipinski definition) is 7. The average molecular weight is 612 g/mol. The Morgan fingerprint density at radius 1 is 0.953 bits per heavy atom. The number of ether oxygens (including phenoxy) is 1. The quantitative estimate of drug-likeness (QED) is 0.149. The van der Waals surface area contributed by atoms with Crippen molar-refractivity contribution in [3.05, 3.63) is 77.7 Å². The van der Waals surface area contributed by atoms with Crippen LogP contribution in [0.1, 0.15) is 51.2 Å². The number of rotatable bonds is 16. The molecule has 3 N–H and O–H groups in total. The van der Waals surface area contributed by atoms with Gasteiger partial charge in [0, 0.05) is 31.8 Å². The van der Waals surface area contributed by atoms with Crippen LogP contribution in [0.4, 0.5) is 4.79 Å². The summed E-state index contributed by atoms with van der Waals surface area (Å²) in [6, 6.07) is 14.7. The van der Waals surface area contributed by atoms with Crippen molar-refractivity contribution in [2.24, 2.45) is 5.92 Å². The first kappa shape index (κ1) is 34.9. The second-order valence-electron chi connectivity index (χ2n) is 10.9. The highest BCUT2D eigenvalue weighted by Gasteiger charge is 2.26. The van der Waals surface area contributed by atoms with Crippen molar-refractivity contribution in [1.29, 1.82) is 0 Å². The summed E-state index contributed by atoms with van der Waals surface area (Å²) in [5.74, 6) is 1.53. The van der Waals surface area contributed by atoms with Crippen molar-refractivity contribution in [2.45, 2.75) is 64.5 Å². The molecule has 0 aromatic heterocycles. The third kappa shape index (κ3) is 13.9. The maximum Gasteiger partial charge on any atom is 0.408 e. The molecule has 0 saturated carbocycles. The summed E-state index contributed by atoms with van der Waals surface area (Å²) in [7, 11) is -3.89. The number of nitrogens with one attached hydrogen (secondary N) is 3. The molecular formula is C32H41N3O7S. The molecule has 0 aliphatic rings. The molecule has 0 spiro atoms. The van der Waals surface area contributed by atoms with Crippen LogP contribution >= 0.6 is 0 Å². The molecule has 2 rings (SSSR count). The van der Waals surface area contributed by atoms with Crippen LogP contribution in [0.25, 0.3) is 0 Å². The normalized spacial score (nSPS) is 12.6. The summed E-state index contributed by atoms with van der Waals surface area (Å²) < 4.78 is 33.6. The Morgan fingerprint density at radius 2 is 1.58 bits per heavy atom. The first-order chi connectivity index (χ1) is 20.3. The molecule has 0 aliphatic carbocycles. The summed E-state index contributed by atoms with van der Waals surface area (Å²) in [6.45, 7) is 9.01. The number of carbonyl (C=O) groups is 3. The lowest BCUT2D eigenvalue weighted by Crippen LogP contribution is -2.49. The van der Waals surface area contributed by atoms with Gasteiger partial charge in [-0.1, -0.05) is 49.0 Å². The number of benzene rings is 2. The van der Waals surface area contributed by atoms with Crippen LogP contribution in [-0.2, 0) is 37.3 Å². The molecule has 0 aliphatic heterocycles. The zero-order valence-electron chi connectivity index (χ0n) is 24.9. The number of carbonyl (C=O) groups excluding carboxylic acids is 3. The van der Waals surface area contributed by atoms with E-state index in [1.54, 1.807) is 32.9 Å². The first-order valence-corrected chi connectivity index (χ1v) is 15.5. The van der Waals surface area contributed by atoms with Gasteiger partial charge < -0.3 is 24.9 Å². The van der Waals surface area contributed by atoms with E-state index in [1.165, 1.54) is 12.1 Å². The van der Waals surface area contributed by atoms with E-state index in [1.807, 2.05) is 30.3 Å². The van der Waals surface area contributed by atoms with Gasteiger partial charge in [-0.15, -0.1) is 12.3 Å². The number of hydrogen-bond donors (Lipinski definition) is 3. The van der Waals surface area contributed by atoms with E-state index in [0.29, 0.717) is 37.6 Å². The zero-order valence-corrected chi connectivity index (χ0v) is 25.7. The Balaban J connectivity index is 2.10. The summed E-state index contributed by atoms with van der Waals surface area (Å²) in [4.78, 5) is 38.8. The van der Waals surface area contributed by atoms with Crippen LogP contribution in [0.15, 0.2) is 66.6 Å². The number of alkyl carbamates (subject to hydrolysis) is 1. The zero-order chi connectivity index (χ0) is 31.9. The molecule has 3 amide bonds. The fourth-order valence-electron chi connectivity index (χ4n) is 4.01. The largest absolute Gasteiger partial charge is 0.444 e. The SMILES string of the molecule is C#CCCCNC(=O)[C@@H](CCNC(=O)[C@H](Cc1ccccc1)NC(=O)OC(C)(C)C)Cc1ccc(OS(=O)(=O)C=C)cc1. The molecule has 0 radical (unpaired) electrons. The van der Waals surface area contributed by atoms with Gasteiger partial charge in [0.2, 0.25) is 11.8 Å².